The number of nitrogens with zero attached hydrogens (tertiary/aromatic N) is 1. The van der Waals surface area contributed by atoms with E-state index in [-0.39, 0.29) is 5.69 Å². The molecule has 3 aromatic rings. The summed E-state index contributed by atoms with van der Waals surface area (Å²) in [6, 6.07) is 15.6. The SMILES string of the molecule is Cc1ccc(C2=C/C(=C/c3ccc(-c4ccc([N+](=O)[O-])cc4Br)o3)C(=O)O2)cc1. The van der Waals surface area contributed by atoms with Crippen LogP contribution in [0.5, 0.6) is 0 Å². The molecular formula is C22H14BrNO5. The first-order valence-corrected chi connectivity index (χ1v) is 9.47. The number of nitro benzene ring substituents is 1. The van der Waals surface area contributed by atoms with E-state index in [1.165, 1.54) is 12.1 Å². The van der Waals surface area contributed by atoms with Crippen molar-refractivity contribution in [3.8, 4) is 11.3 Å². The monoisotopic (exact) mass is 451 g/mol. The molecule has 7 heteroatoms. The molecule has 6 nitrogen and oxygen atoms in total. The smallest absolute Gasteiger partial charge is 0.343 e. The number of hydrogen-bond donors (Lipinski definition) is 0. The summed E-state index contributed by atoms with van der Waals surface area (Å²) >= 11 is 3.33. The van der Waals surface area contributed by atoms with Gasteiger partial charge in [-0.1, -0.05) is 29.8 Å². The zero-order valence-corrected chi connectivity index (χ0v) is 16.8. The maximum absolute atomic E-state index is 12.2. The molecule has 0 aliphatic carbocycles. The van der Waals surface area contributed by atoms with Crippen molar-refractivity contribution in [2.24, 2.45) is 0 Å². The van der Waals surface area contributed by atoms with Gasteiger partial charge in [0.2, 0.25) is 0 Å². The Kier molecular flexibility index (Phi) is 4.90. The molecule has 0 bridgehead atoms. The normalized spacial score (nSPS) is 14.8. The molecule has 0 amide bonds. The van der Waals surface area contributed by atoms with Crippen LogP contribution in [0.4, 0.5) is 5.69 Å². The quantitative estimate of drug-likeness (QED) is 0.213. The number of furan rings is 1. The van der Waals surface area contributed by atoms with Gasteiger partial charge in [0.1, 0.15) is 17.3 Å². The van der Waals surface area contributed by atoms with Crippen molar-refractivity contribution >= 4 is 39.4 Å². The van der Waals surface area contributed by atoms with Crippen LogP contribution >= 0.6 is 15.9 Å². The number of carbonyl (C=O) groups is 1. The summed E-state index contributed by atoms with van der Waals surface area (Å²) in [5.74, 6) is 1.03. The third kappa shape index (κ3) is 3.90. The fourth-order valence-corrected chi connectivity index (χ4v) is 3.46. The highest BCUT2D eigenvalue weighted by molar-refractivity contribution is 9.10. The highest BCUT2D eigenvalue weighted by Crippen LogP contribution is 2.34. The minimum absolute atomic E-state index is 0.0167. The summed E-state index contributed by atoms with van der Waals surface area (Å²) in [7, 11) is 0. The fourth-order valence-electron chi connectivity index (χ4n) is 2.89. The molecule has 0 unspecified atom stereocenters. The molecule has 0 radical (unpaired) electrons. The van der Waals surface area contributed by atoms with Gasteiger partial charge in [-0.2, -0.15) is 0 Å². The van der Waals surface area contributed by atoms with Crippen molar-refractivity contribution in [2.45, 2.75) is 6.92 Å². The third-order valence-electron chi connectivity index (χ3n) is 4.41. The molecule has 4 rings (SSSR count). The third-order valence-corrected chi connectivity index (χ3v) is 5.07. The number of esters is 1. The molecule has 0 N–H and O–H groups in total. The Labute approximate surface area is 174 Å². The molecule has 2 heterocycles. The Morgan fingerprint density at radius 3 is 2.52 bits per heavy atom. The second-order valence-corrected chi connectivity index (χ2v) is 7.34. The van der Waals surface area contributed by atoms with E-state index in [1.54, 1.807) is 30.4 Å². The highest BCUT2D eigenvalue weighted by Gasteiger charge is 2.22. The van der Waals surface area contributed by atoms with Crippen LogP contribution in [0, 0.1) is 17.0 Å². The lowest BCUT2D eigenvalue weighted by Crippen LogP contribution is -1.96. The Hall–Kier alpha value is -3.45. The van der Waals surface area contributed by atoms with Gasteiger partial charge in [0, 0.05) is 27.7 Å². The van der Waals surface area contributed by atoms with Crippen LogP contribution in [0.1, 0.15) is 16.9 Å². The molecule has 1 aliphatic rings. The van der Waals surface area contributed by atoms with E-state index in [1.807, 2.05) is 31.2 Å². The second kappa shape index (κ2) is 7.52. The molecule has 0 atom stereocenters. The number of nitro groups is 1. The Bertz CT molecular complexity index is 1190. The van der Waals surface area contributed by atoms with Crippen molar-refractivity contribution in [1.82, 2.24) is 0 Å². The van der Waals surface area contributed by atoms with E-state index in [4.69, 9.17) is 9.15 Å². The molecule has 2 aromatic carbocycles. The molecule has 0 spiro atoms. The van der Waals surface area contributed by atoms with E-state index >= 15 is 0 Å². The number of non-ortho nitro benzene ring substituents is 1. The summed E-state index contributed by atoms with van der Waals surface area (Å²) in [5, 5.41) is 10.9. The number of ether oxygens (including phenoxy) is 1. The predicted octanol–water partition coefficient (Wildman–Crippen LogP) is 5.91. The molecule has 0 saturated heterocycles. The van der Waals surface area contributed by atoms with Crippen LogP contribution < -0.4 is 0 Å². The van der Waals surface area contributed by atoms with Gasteiger partial charge >= 0.3 is 5.97 Å². The van der Waals surface area contributed by atoms with Gasteiger partial charge in [-0.25, -0.2) is 4.79 Å². The Balaban J connectivity index is 1.61. The molecule has 29 heavy (non-hydrogen) atoms. The van der Waals surface area contributed by atoms with Gasteiger partial charge in [0.05, 0.1) is 10.5 Å². The number of aryl methyl sites for hydroxylation is 1. The van der Waals surface area contributed by atoms with Gasteiger partial charge in [0.15, 0.2) is 0 Å². The first-order chi connectivity index (χ1) is 13.9. The van der Waals surface area contributed by atoms with Crippen molar-refractivity contribution in [3.05, 3.63) is 97.7 Å². The zero-order chi connectivity index (χ0) is 20.5. The molecule has 0 fully saturated rings. The van der Waals surface area contributed by atoms with Crippen LogP contribution in [-0.4, -0.2) is 10.9 Å². The largest absolute Gasteiger partial charge is 0.457 e. The zero-order valence-electron chi connectivity index (χ0n) is 15.2. The van der Waals surface area contributed by atoms with E-state index in [2.05, 4.69) is 15.9 Å². The van der Waals surface area contributed by atoms with Crippen molar-refractivity contribution < 1.29 is 18.9 Å². The molecule has 144 valence electrons. The van der Waals surface area contributed by atoms with E-state index in [9.17, 15) is 14.9 Å². The van der Waals surface area contributed by atoms with Crippen molar-refractivity contribution in [3.63, 3.8) is 0 Å². The van der Waals surface area contributed by atoms with Crippen LogP contribution in [0.3, 0.4) is 0 Å². The summed E-state index contributed by atoms with van der Waals surface area (Å²) in [6.07, 6.45) is 3.28. The number of carbonyl (C=O) groups excluding carboxylic acids is 1. The standard InChI is InChI=1S/C22H14BrNO5/c1-13-2-4-14(5-3-13)21-11-15(22(25)29-21)10-17-7-9-20(28-17)18-8-6-16(24(26)27)12-19(18)23/h2-12H,1H3/b15-10-. The minimum atomic E-state index is -0.462. The van der Waals surface area contributed by atoms with Crippen molar-refractivity contribution in [1.29, 1.82) is 0 Å². The van der Waals surface area contributed by atoms with Gasteiger partial charge in [0.25, 0.3) is 5.69 Å². The summed E-state index contributed by atoms with van der Waals surface area (Å²) in [5.41, 5.74) is 2.98. The van der Waals surface area contributed by atoms with Gasteiger partial charge < -0.3 is 9.15 Å². The lowest BCUT2D eigenvalue weighted by atomic mass is 10.1. The number of hydrogen-bond acceptors (Lipinski definition) is 5. The van der Waals surface area contributed by atoms with Crippen LogP contribution in [0.2, 0.25) is 0 Å². The minimum Gasteiger partial charge on any atom is -0.457 e. The first-order valence-electron chi connectivity index (χ1n) is 8.67. The predicted molar refractivity (Wildman–Crippen MR) is 112 cm³/mol. The number of benzene rings is 2. The average molecular weight is 452 g/mol. The number of rotatable bonds is 4. The first kappa shape index (κ1) is 18.9. The lowest BCUT2D eigenvalue weighted by Gasteiger charge is -2.01. The van der Waals surface area contributed by atoms with Gasteiger partial charge in [-0.3, -0.25) is 10.1 Å². The van der Waals surface area contributed by atoms with Crippen molar-refractivity contribution in [2.75, 3.05) is 0 Å². The fraction of sp³-hybridized carbons (Fsp3) is 0.0455. The van der Waals surface area contributed by atoms with Crippen LogP contribution in [0.15, 0.2) is 75.1 Å². The maximum atomic E-state index is 12.2. The van der Waals surface area contributed by atoms with Crippen LogP contribution in [-0.2, 0) is 9.53 Å². The van der Waals surface area contributed by atoms with E-state index < -0.39 is 10.9 Å². The molecular weight excluding hydrogens is 438 g/mol. The molecule has 1 aliphatic heterocycles. The molecule has 1 aromatic heterocycles. The van der Waals surface area contributed by atoms with E-state index in [0.717, 1.165) is 11.1 Å². The average Bonchev–Trinajstić information content (AvgIpc) is 3.29. The Morgan fingerprint density at radius 1 is 1.07 bits per heavy atom. The number of halogens is 1. The maximum Gasteiger partial charge on any atom is 0.343 e. The lowest BCUT2D eigenvalue weighted by molar-refractivity contribution is -0.384. The van der Waals surface area contributed by atoms with Crippen LogP contribution in [0.25, 0.3) is 23.2 Å². The number of cyclic esters (lactones) is 1. The van der Waals surface area contributed by atoms with Gasteiger partial charge in [-0.05, 0) is 53.2 Å². The molecule has 0 saturated carbocycles. The summed E-state index contributed by atoms with van der Waals surface area (Å²) < 4.78 is 11.7. The highest BCUT2D eigenvalue weighted by atomic mass is 79.9. The summed E-state index contributed by atoms with van der Waals surface area (Å²) in [6.45, 7) is 1.99. The van der Waals surface area contributed by atoms with Gasteiger partial charge in [-0.15, -0.1) is 0 Å². The van der Waals surface area contributed by atoms with E-state index in [0.29, 0.717) is 32.9 Å². The summed E-state index contributed by atoms with van der Waals surface area (Å²) in [4.78, 5) is 22.6. The Morgan fingerprint density at radius 2 is 1.83 bits per heavy atom. The second-order valence-electron chi connectivity index (χ2n) is 6.49. The topological polar surface area (TPSA) is 82.6 Å².